The molecule has 2 aliphatic carbocycles. The molecule has 3 rings (SSSR count). The highest BCUT2D eigenvalue weighted by molar-refractivity contribution is 5.75. The summed E-state index contributed by atoms with van der Waals surface area (Å²) in [6.45, 7) is 4.54. The van der Waals surface area contributed by atoms with E-state index in [-0.39, 0.29) is 11.9 Å². The normalized spacial score (nSPS) is 25.0. The number of ether oxygens (including phenoxy) is 1. The Hall–Kier alpha value is -2.01. The van der Waals surface area contributed by atoms with Gasteiger partial charge in [-0.25, -0.2) is 0 Å². The minimum Gasteiger partial charge on any atom is -0.426 e. The molecule has 1 aromatic carbocycles. The number of hydrogen-bond donors (Lipinski definition) is 0. The smallest absolute Gasteiger partial charge is 0.314 e. The Kier molecular flexibility index (Phi) is 11.8. The van der Waals surface area contributed by atoms with E-state index in [1.165, 1.54) is 83.5 Å². The molecule has 0 spiro atoms. The first-order valence-corrected chi connectivity index (χ1v) is 14.2. The fourth-order valence-corrected chi connectivity index (χ4v) is 5.65. The summed E-state index contributed by atoms with van der Waals surface area (Å²) in [5.41, 5.74) is 0.959. The largest absolute Gasteiger partial charge is 0.426 e. The molecule has 0 N–H and O–H groups in total. The molecule has 0 bridgehead atoms. The average molecular weight is 463 g/mol. The number of unbranched alkanes of at least 4 members (excludes halogenated alkanes) is 3. The van der Waals surface area contributed by atoms with Crippen LogP contribution in [0.15, 0.2) is 36.4 Å². The predicted octanol–water partition coefficient (Wildman–Crippen LogP) is 8.88. The van der Waals surface area contributed by atoms with Crippen molar-refractivity contribution in [2.75, 3.05) is 0 Å². The van der Waals surface area contributed by atoms with E-state index in [9.17, 15) is 4.79 Å². The maximum absolute atomic E-state index is 12.6. The first-order chi connectivity index (χ1) is 16.7. The molecule has 1 aromatic rings. The molecule has 2 nitrogen and oxygen atoms in total. The molecular formula is C32H46O2. The molecule has 2 heteroatoms. The van der Waals surface area contributed by atoms with Gasteiger partial charge in [0.25, 0.3) is 0 Å². The molecule has 0 aliphatic heterocycles. The van der Waals surface area contributed by atoms with Gasteiger partial charge < -0.3 is 4.74 Å². The molecule has 0 atom stereocenters. The second-order valence-corrected chi connectivity index (χ2v) is 10.7. The third-order valence-electron chi connectivity index (χ3n) is 7.99. The average Bonchev–Trinajstić information content (AvgIpc) is 2.87. The van der Waals surface area contributed by atoms with Crippen molar-refractivity contribution in [2.45, 2.75) is 110 Å². The van der Waals surface area contributed by atoms with Crippen molar-refractivity contribution in [2.24, 2.45) is 23.7 Å². The summed E-state index contributed by atoms with van der Waals surface area (Å²) >= 11 is 0. The van der Waals surface area contributed by atoms with Crippen LogP contribution in [0.5, 0.6) is 5.75 Å². The van der Waals surface area contributed by atoms with E-state index in [2.05, 4.69) is 31.8 Å². The maximum Gasteiger partial charge on any atom is 0.314 e. The van der Waals surface area contributed by atoms with E-state index < -0.39 is 0 Å². The summed E-state index contributed by atoms with van der Waals surface area (Å²) in [5, 5.41) is 0. The molecule has 186 valence electrons. The number of rotatable bonds is 10. The fourth-order valence-electron chi connectivity index (χ4n) is 5.65. The summed E-state index contributed by atoms with van der Waals surface area (Å²) in [4.78, 5) is 12.6. The highest BCUT2D eigenvalue weighted by Gasteiger charge is 2.27. The van der Waals surface area contributed by atoms with Crippen LogP contribution in [0.2, 0.25) is 0 Å². The van der Waals surface area contributed by atoms with Crippen molar-refractivity contribution in [3.8, 4) is 17.6 Å². The number of carbonyl (C=O) groups excluding carboxylic acids is 1. The van der Waals surface area contributed by atoms with E-state index >= 15 is 0 Å². The lowest BCUT2D eigenvalue weighted by molar-refractivity contribution is -0.140. The Morgan fingerprint density at radius 2 is 1.47 bits per heavy atom. The maximum atomic E-state index is 12.6. The van der Waals surface area contributed by atoms with Crippen LogP contribution < -0.4 is 4.74 Å². The highest BCUT2D eigenvalue weighted by atomic mass is 16.5. The van der Waals surface area contributed by atoms with Crippen molar-refractivity contribution in [3.63, 3.8) is 0 Å². The SMILES string of the molecule is CCCCC[C@H]1CC[C@H](C(=O)Oc2ccc(C#C/C=C/[C@H]3CC[C@H](CCCC)CC3)cc2)CC1. The van der Waals surface area contributed by atoms with Crippen LogP contribution in [0.1, 0.15) is 116 Å². The zero-order valence-electron chi connectivity index (χ0n) is 21.7. The van der Waals surface area contributed by atoms with Crippen molar-refractivity contribution >= 4 is 5.97 Å². The molecule has 0 saturated heterocycles. The van der Waals surface area contributed by atoms with E-state index in [1.54, 1.807) is 0 Å². The standard InChI is InChI=1S/C32H46O2/c1-3-5-7-11-28-18-22-30(23-19-28)32(33)34-31-24-20-29(21-25-31)13-9-8-12-27-16-14-26(15-17-27)10-6-4-2/h8,12,20-21,24-28,30H,3-7,10-11,14-19,22-23H2,1-2H3/b12-8+/t26-,27-,28-,30-. The summed E-state index contributed by atoms with van der Waals surface area (Å²) in [5.74, 6) is 9.50. The van der Waals surface area contributed by atoms with Crippen LogP contribution in [-0.4, -0.2) is 5.97 Å². The second kappa shape index (κ2) is 15.1. The van der Waals surface area contributed by atoms with Gasteiger partial charge in [-0.1, -0.05) is 76.7 Å². The Bertz CT molecular complexity index is 794. The summed E-state index contributed by atoms with van der Waals surface area (Å²) in [7, 11) is 0. The van der Waals surface area contributed by atoms with E-state index in [1.807, 2.05) is 30.3 Å². The number of allylic oxidation sites excluding steroid dienone is 2. The lowest BCUT2D eigenvalue weighted by Crippen LogP contribution is -2.25. The minimum atomic E-state index is -0.0572. The van der Waals surface area contributed by atoms with Gasteiger partial charge in [-0.05, 0) is 99.5 Å². The van der Waals surface area contributed by atoms with Gasteiger partial charge >= 0.3 is 5.97 Å². The summed E-state index contributed by atoms with van der Waals surface area (Å²) < 4.78 is 5.68. The number of esters is 1. The fraction of sp³-hybridized carbons (Fsp3) is 0.656. The molecular weight excluding hydrogens is 416 g/mol. The zero-order valence-corrected chi connectivity index (χ0v) is 21.7. The van der Waals surface area contributed by atoms with Gasteiger partial charge in [-0.3, -0.25) is 4.79 Å². The van der Waals surface area contributed by atoms with Crippen molar-refractivity contribution in [3.05, 3.63) is 42.0 Å². The highest BCUT2D eigenvalue weighted by Crippen LogP contribution is 2.33. The Morgan fingerprint density at radius 1 is 0.853 bits per heavy atom. The first-order valence-electron chi connectivity index (χ1n) is 14.2. The van der Waals surface area contributed by atoms with Gasteiger partial charge in [0.15, 0.2) is 0 Å². The molecule has 2 aliphatic rings. The molecule has 0 unspecified atom stereocenters. The van der Waals surface area contributed by atoms with E-state index in [0.29, 0.717) is 11.7 Å². The molecule has 0 heterocycles. The molecule has 0 radical (unpaired) electrons. The zero-order chi connectivity index (χ0) is 24.0. The molecule has 34 heavy (non-hydrogen) atoms. The lowest BCUT2D eigenvalue weighted by Gasteiger charge is -2.27. The van der Waals surface area contributed by atoms with Gasteiger partial charge in [0.05, 0.1) is 5.92 Å². The van der Waals surface area contributed by atoms with Gasteiger partial charge in [-0.2, -0.15) is 0 Å². The van der Waals surface area contributed by atoms with Crippen LogP contribution in [0.4, 0.5) is 0 Å². The van der Waals surface area contributed by atoms with E-state index in [4.69, 9.17) is 4.74 Å². The molecule has 0 aromatic heterocycles. The Morgan fingerprint density at radius 3 is 2.12 bits per heavy atom. The molecule has 0 amide bonds. The van der Waals surface area contributed by atoms with Crippen LogP contribution in [0.3, 0.4) is 0 Å². The number of benzene rings is 1. The first kappa shape index (κ1) is 26.6. The molecule has 2 fully saturated rings. The van der Waals surface area contributed by atoms with Crippen molar-refractivity contribution in [1.82, 2.24) is 0 Å². The lowest BCUT2D eigenvalue weighted by atomic mass is 9.80. The third-order valence-corrected chi connectivity index (χ3v) is 7.99. The Balaban J connectivity index is 1.37. The predicted molar refractivity (Wildman–Crippen MR) is 143 cm³/mol. The molecule has 2 saturated carbocycles. The summed E-state index contributed by atoms with van der Waals surface area (Å²) in [6.07, 6.45) is 23.4. The number of carbonyl (C=O) groups is 1. The monoisotopic (exact) mass is 462 g/mol. The number of hydrogen-bond acceptors (Lipinski definition) is 2. The van der Waals surface area contributed by atoms with Crippen LogP contribution in [0, 0.1) is 35.5 Å². The van der Waals surface area contributed by atoms with Gasteiger partial charge in [0.2, 0.25) is 0 Å². The minimum absolute atomic E-state index is 0.0572. The van der Waals surface area contributed by atoms with Crippen LogP contribution >= 0.6 is 0 Å². The van der Waals surface area contributed by atoms with Crippen LogP contribution in [-0.2, 0) is 4.79 Å². The quantitative estimate of drug-likeness (QED) is 0.150. The van der Waals surface area contributed by atoms with Gasteiger partial charge in [0, 0.05) is 5.56 Å². The third kappa shape index (κ3) is 9.32. The van der Waals surface area contributed by atoms with E-state index in [0.717, 1.165) is 30.2 Å². The van der Waals surface area contributed by atoms with Crippen LogP contribution in [0.25, 0.3) is 0 Å². The van der Waals surface area contributed by atoms with Gasteiger partial charge in [0.1, 0.15) is 5.75 Å². The summed E-state index contributed by atoms with van der Waals surface area (Å²) in [6, 6.07) is 7.65. The topological polar surface area (TPSA) is 26.3 Å². The van der Waals surface area contributed by atoms with Crippen molar-refractivity contribution in [1.29, 1.82) is 0 Å². The second-order valence-electron chi connectivity index (χ2n) is 10.7. The Labute approximate surface area is 208 Å². The van der Waals surface area contributed by atoms with Gasteiger partial charge in [-0.15, -0.1) is 0 Å². The van der Waals surface area contributed by atoms with Crippen molar-refractivity contribution < 1.29 is 9.53 Å².